The minimum atomic E-state index is 0.613. The quantitative estimate of drug-likeness (QED) is 0.713. The van der Waals surface area contributed by atoms with Crippen molar-refractivity contribution in [2.45, 2.75) is 53.9 Å². The van der Waals surface area contributed by atoms with Crippen LogP contribution in [0.3, 0.4) is 0 Å². The highest BCUT2D eigenvalue weighted by Crippen LogP contribution is 2.25. The average molecular weight is 275 g/mol. The molecule has 2 atom stereocenters. The first-order valence-electron chi connectivity index (χ1n) is 8.19. The predicted molar refractivity (Wildman–Crippen MR) is 90.3 cm³/mol. The van der Waals surface area contributed by atoms with Crippen LogP contribution in [0, 0.1) is 17.8 Å². The van der Waals surface area contributed by atoms with Gasteiger partial charge in [0.05, 0.1) is 0 Å². The topological polar surface area (TPSA) is 12.0 Å². The molecule has 0 bridgehead atoms. The summed E-state index contributed by atoms with van der Waals surface area (Å²) in [6.45, 7) is 16.0. The van der Waals surface area contributed by atoms with Crippen molar-refractivity contribution < 1.29 is 0 Å². The minimum Gasteiger partial charge on any atom is -0.316 e. The van der Waals surface area contributed by atoms with Crippen LogP contribution in [0.5, 0.6) is 0 Å². The molecule has 1 nitrogen and oxygen atoms in total. The molecule has 0 saturated heterocycles. The second-order valence-electron chi connectivity index (χ2n) is 7.16. The highest BCUT2D eigenvalue weighted by molar-refractivity contribution is 5.26. The van der Waals surface area contributed by atoms with Crippen LogP contribution in [0.2, 0.25) is 0 Å². The highest BCUT2D eigenvalue weighted by Gasteiger charge is 2.14. The van der Waals surface area contributed by atoms with Gasteiger partial charge in [0.15, 0.2) is 0 Å². The number of benzene rings is 1. The molecule has 0 fully saturated rings. The van der Waals surface area contributed by atoms with Crippen molar-refractivity contribution >= 4 is 0 Å². The van der Waals surface area contributed by atoms with E-state index in [2.05, 4.69) is 71.1 Å². The SMILES string of the molecule is CC(C)CNCC(C)C(C)c1cccc(CC(C)C)c1. The fraction of sp³-hybridized carbons (Fsp3) is 0.684. The van der Waals surface area contributed by atoms with Gasteiger partial charge in [0.2, 0.25) is 0 Å². The summed E-state index contributed by atoms with van der Waals surface area (Å²) in [5.74, 6) is 2.74. The lowest BCUT2D eigenvalue weighted by molar-refractivity contribution is 0.428. The van der Waals surface area contributed by atoms with Gasteiger partial charge in [-0.1, -0.05) is 65.8 Å². The van der Waals surface area contributed by atoms with Crippen molar-refractivity contribution in [2.75, 3.05) is 13.1 Å². The normalized spacial score (nSPS) is 14.8. The van der Waals surface area contributed by atoms with Gasteiger partial charge in [0, 0.05) is 0 Å². The third kappa shape index (κ3) is 6.09. The van der Waals surface area contributed by atoms with Crippen LogP contribution in [0.25, 0.3) is 0 Å². The van der Waals surface area contributed by atoms with E-state index in [-0.39, 0.29) is 0 Å². The molecular formula is C19H33N. The molecule has 0 aliphatic rings. The summed E-state index contributed by atoms with van der Waals surface area (Å²) in [5, 5.41) is 3.58. The van der Waals surface area contributed by atoms with Crippen molar-refractivity contribution in [3.8, 4) is 0 Å². The predicted octanol–water partition coefficient (Wildman–Crippen LogP) is 4.87. The monoisotopic (exact) mass is 275 g/mol. The molecule has 1 aromatic rings. The van der Waals surface area contributed by atoms with Crippen molar-refractivity contribution in [1.82, 2.24) is 5.32 Å². The largest absolute Gasteiger partial charge is 0.316 e. The number of hydrogen-bond acceptors (Lipinski definition) is 1. The van der Waals surface area contributed by atoms with Crippen LogP contribution in [-0.4, -0.2) is 13.1 Å². The van der Waals surface area contributed by atoms with Crippen molar-refractivity contribution in [2.24, 2.45) is 17.8 Å². The summed E-state index contributed by atoms with van der Waals surface area (Å²) in [4.78, 5) is 0. The molecule has 0 aromatic heterocycles. The number of nitrogens with one attached hydrogen (secondary N) is 1. The molecule has 0 aliphatic heterocycles. The van der Waals surface area contributed by atoms with Crippen molar-refractivity contribution in [3.63, 3.8) is 0 Å². The van der Waals surface area contributed by atoms with Gasteiger partial charge >= 0.3 is 0 Å². The van der Waals surface area contributed by atoms with E-state index >= 15 is 0 Å². The van der Waals surface area contributed by atoms with E-state index in [1.807, 2.05) is 0 Å². The first kappa shape index (κ1) is 17.2. The number of rotatable bonds is 8. The molecule has 1 heteroatoms. The second-order valence-corrected chi connectivity index (χ2v) is 7.16. The summed E-state index contributed by atoms with van der Waals surface area (Å²) in [6, 6.07) is 9.17. The van der Waals surface area contributed by atoms with E-state index in [1.165, 1.54) is 17.5 Å². The molecule has 2 unspecified atom stereocenters. The fourth-order valence-corrected chi connectivity index (χ4v) is 2.58. The van der Waals surface area contributed by atoms with Crippen LogP contribution < -0.4 is 5.32 Å². The van der Waals surface area contributed by atoms with Crippen LogP contribution in [0.4, 0.5) is 0 Å². The zero-order valence-corrected chi connectivity index (χ0v) is 14.2. The summed E-state index contributed by atoms with van der Waals surface area (Å²) in [7, 11) is 0. The van der Waals surface area contributed by atoms with Crippen molar-refractivity contribution in [3.05, 3.63) is 35.4 Å². The molecule has 0 heterocycles. The van der Waals surface area contributed by atoms with Crippen LogP contribution >= 0.6 is 0 Å². The third-order valence-corrected chi connectivity index (χ3v) is 3.99. The van der Waals surface area contributed by atoms with Gasteiger partial charge in [0.1, 0.15) is 0 Å². The summed E-state index contributed by atoms with van der Waals surface area (Å²) < 4.78 is 0. The first-order chi connectivity index (χ1) is 9.40. The minimum absolute atomic E-state index is 0.613. The van der Waals surface area contributed by atoms with Gasteiger partial charge < -0.3 is 5.32 Å². The average Bonchev–Trinajstić information content (AvgIpc) is 2.36. The lowest BCUT2D eigenvalue weighted by Gasteiger charge is -2.22. The lowest BCUT2D eigenvalue weighted by atomic mass is 9.87. The molecule has 0 spiro atoms. The van der Waals surface area contributed by atoms with E-state index in [0.29, 0.717) is 11.8 Å². The summed E-state index contributed by atoms with van der Waals surface area (Å²) >= 11 is 0. The Morgan fingerprint density at radius 2 is 1.60 bits per heavy atom. The Hall–Kier alpha value is -0.820. The van der Waals surface area contributed by atoms with Gasteiger partial charge in [-0.2, -0.15) is 0 Å². The third-order valence-electron chi connectivity index (χ3n) is 3.99. The second kappa shape index (κ2) is 8.46. The Morgan fingerprint density at radius 1 is 0.900 bits per heavy atom. The lowest BCUT2D eigenvalue weighted by Crippen LogP contribution is -2.27. The molecule has 1 N–H and O–H groups in total. The molecule has 0 aliphatic carbocycles. The smallest absolute Gasteiger partial charge is 0.00173 e. The standard InChI is InChI=1S/C19H33N/c1-14(2)10-18-8-7-9-19(11-18)17(6)16(5)13-20-12-15(3)4/h7-9,11,14-17,20H,10,12-13H2,1-6H3. The fourth-order valence-electron chi connectivity index (χ4n) is 2.58. The van der Waals surface area contributed by atoms with E-state index in [4.69, 9.17) is 0 Å². The Morgan fingerprint density at radius 3 is 2.20 bits per heavy atom. The van der Waals surface area contributed by atoms with Gasteiger partial charge in [-0.3, -0.25) is 0 Å². The molecule has 0 amide bonds. The van der Waals surface area contributed by atoms with Gasteiger partial charge in [-0.05, 0) is 54.3 Å². The maximum atomic E-state index is 3.58. The molecule has 0 radical (unpaired) electrons. The molecule has 20 heavy (non-hydrogen) atoms. The van der Waals surface area contributed by atoms with E-state index in [0.717, 1.165) is 24.9 Å². The van der Waals surface area contributed by atoms with E-state index in [9.17, 15) is 0 Å². The summed E-state index contributed by atoms with van der Waals surface area (Å²) in [5.41, 5.74) is 2.97. The number of hydrogen-bond donors (Lipinski definition) is 1. The maximum Gasteiger partial charge on any atom is -0.00173 e. The zero-order chi connectivity index (χ0) is 15.1. The van der Waals surface area contributed by atoms with Gasteiger partial charge in [-0.15, -0.1) is 0 Å². The van der Waals surface area contributed by atoms with E-state index in [1.54, 1.807) is 0 Å². The molecular weight excluding hydrogens is 242 g/mol. The Kier molecular flexibility index (Phi) is 7.29. The Labute approximate surface area is 126 Å². The molecule has 1 aromatic carbocycles. The van der Waals surface area contributed by atoms with Crippen LogP contribution in [0.1, 0.15) is 58.6 Å². The van der Waals surface area contributed by atoms with Crippen LogP contribution in [0.15, 0.2) is 24.3 Å². The molecule has 0 saturated carbocycles. The van der Waals surface area contributed by atoms with Gasteiger partial charge in [0.25, 0.3) is 0 Å². The molecule has 1 rings (SSSR count). The highest BCUT2D eigenvalue weighted by atomic mass is 14.9. The Bertz CT molecular complexity index is 381. The van der Waals surface area contributed by atoms with Gasteiger partial charge in [-0.25, -0.2) is 0 Å². The zero-order valence-electron chi connectivity index (χ0n) is 14.2. The maximum absolute atomic E-state index is 3.58. The Balaban J connectivity index is 2.59. The molecule has 114 valence electrons. The summed E-state index contributed by atoms with van der Waals surface area (Å²) in [6.07, 6.45) is 1.18. The van der Waals surface area contributed by atoms with Crippen molar-refractivity contribution in [1.29, 1.82) is 0 Å². The van der Waals surface area contributed by atoms with Crippen LogP contribution in [-0.2, 0) is 6.42 Å². The van der Waals surface area contributed by atoms with E-state index < -0.39 is 0 Å². The first-order valence-corrected chi connectivity index (χ1v) is 8.19.